The summed E-state index contributed by atoms with van der Waals surface area (Å²) in [4.78, 5) is 7.25. The Morgan fingerprint density at radius 2 is 2.03 bits per heavy atom. The highest BCUT2D eigenvalue weighted by Gasteiger charge is 2.17. The summed E-state index contributed by atoms with van der Waals surface area (Å²) in [5.41, 5.74) is 4.03. The summed E-state index contributed by atoms with van der Waals surface area (Å²) in [5.74, 6) is 0. The first-order valence-corrected chi connectivity index (χ1v) is 11.9. The van der Waals surface area contributed by atoms with E-state index in [-0.39, 0.29) is 6.10 Å². The molecule has 9 nitrogen and oxygen atoms in total. The number of allylic oxidation sites excluding steroid dienone is 1. The molecule has 4 heterocycles. The van der Waals surface area contributed by atoms with Gasteiger partial charge >= 0.3 is 0 Å². The van der Waals surface area contributed by atoms with Crippen LogP contribution < -0.4 is 5.32 Å². The number of rotatable bonds is 10. The summed E-state index contributed by atoms with van der Waals surface area (Å²) < 4.78 is 3.83. The molecule has 9 heteroatoms. The summed E-state index contributed by atoms with van der Waals surface area (Å²) in [6, 6.07) is 2.31. The Balaban J connectivity index is 1.53. The molecule has 4 rings (SSSR count). The maximum Gasteiger partial charge on any atom is 0.0999 e. The Labute approximate surface area is 194 Å². The van der Waals surface area contributed by atoms with Crippen molar-refractivity contribution in [3.63, 3.8) is 0 Å². The minimum absolute atomic E-state index is 0.155. The first-order valence-electron chi connectivity index (χ1n) is 11.9. The molecule has 1 saturated heterocycles. The molecule has 3 aromatic rings. The van der Waals surface area contributed by atoms with E-state index in [2.05, 4.69) is 40.5 Å². The maximum absolute atomic E-state index is 9.65. The SMILES string of the molecule is CCC(CC)n1cc(-c2nc(/C(C=N)=C/NCCN3CCC(O)CC3)cn3nccc23)cn1. The monoisotopic (exact) mass is 450 g/mol. The van der Waals surface area contributed by atoms with E-state index in [1.807, 2.05) is 33.9 Å². The van der Waals surface area contributed by atoms with Crippen LogP contribution in [0.5, 0.6) is 0 Å². The van der Waals surface area contributed by atoms with Gasteiger partial charge in [-0.15, -0.1) is 0 Å². The highest BCUT2D eigenvalue weighted by molar-refractivity contribution is 6.07. The van der Waals surface area contributed by atoms with Crippen molar-refractivity contribution in [1.82, 2.24) is 34.6 Å². The van der Waals surface area contributed by atoms with Gasteiger partial charge in [0.1, 0.15) is 0 Å². The molecule has 0 atom stereocenters. The fourth-order valence-electron chi connectivity index (χ4n) is 4.34. The van der Waals surface area contributed by atoms with E-state index in [0.29, 0.717) is 17.3 Å². The molecule has 0 unspecified atom stereocenters. The molecule has 0 aromatic carbocycles. The van der Waals surface area contributed by atoms with Crippen LogP contribution in [0, 0.1) is 5.41 Å². The van der Waals surface area contributed by atoms with Crippen molar-refractivity contribution in [3.8, 4) is 11.3 Å². The first kappa shape index (κ1) is 23.1. The Morgan fingerprint density at radius 1 is 1.24 bits per heavy atom. The van der Waals surface area contributed by atoms with Gasteiger partial charge in [0.15, 0.2) is 0 Å². The van der Waals surface area contributed by atoms with Crippen molar-refractivity contribution >= 4 is 17.3 Å². The summed E-state index contributed by atoms with van der Waals surface area (Å²) in [6.45, 7) is 7.87. The van der Waals surface area contributed by atoms with Crippen molar-refractivity contribution in [2.75, 3.05) is 26.2 Å². The van der Waals surface area contributed by atoms with Gasteiger partial charge in [-0.05, 0) is 31.7 Å². The summed E-state index contributed by atoms with van der Waals surface area (Å²) in [5, 5.41) is 29.9. The number of piperidine rings is 1. The van der Waals surface area contributed by atoms with E-state index in [9.17, 15) is 5.11 Å². The number of nitrogens with zero attached hydrogens (tertiary/aromatic N) is 6. The van der Waals surface area contributed by atoms with Crippen LogP contribution in [-0.4, -0.2) is 72.9 Å². The minimum Gasteiger partial charge on any atom is -0.393 e. The zero-order valence-electron chi connectivity index (χ0n) is 19.5. The van der Waals surface area contributed by atoms with Gasteiger partial charge in [0.2, 0.25) is 0 Å². The zero-order chi connectivity index (χ0) is 23.2. The van der Waals surface area contributed by atoms with Gasteiger partial charge in [0.05, 0.1) is 47.6 Å². The molecule has 1 fully saturated rings. The number of aliphatic hydroxyl groups is 1. The van der Waals surface area contributed by atoms with Gasteiger partial charge < -0.3 is 20.7 Å². The molecule has 1 aliphatic heterocycles. The lowest BCUT2D eigenvalue weighted by Gasteiger charge is -2.29. The molecule has 0 spiro atoms. The van der Waals surface area contributed by atoms with Crippen molar-refractivity contribution < 1.29 is 5.11 Å². The maximum atomic E-state index is 9.65. The number of fused-ring (bicyclic) bond motifs is 1. The number of hydrogen-bond donors (Lipinski definition) is 3. The van der Waals surface area contributed by atoms with Crippen molar-refractivity contribution in [2.45, 2.75) is 51.7 Å². The third-order valence-electron chi connectivity index (χ3n) is 6.42. The van der Waals surface area contributed by atoms with Crippen molar-refractivity contribution in [2.24, 2.45) is 0 Å². The molecule has 0 amide bonds. The third kappa shape index (κ3) is 5.31. The molecule has 0 radical (unpaired) electrons. The van der Waals surface area contributed by atoms with Crippen LogP contribution in [0.25, 0.3) is 22.3 Å². The minimum atomic E-state index is -0.155. The number of likely N-dealkylation sites (tertiary alicyclic amines) is 1. The standard InChI is InChI=1S/C24H34N8O/c1-3-20(4-2)31-16-19(15-28-31)24-23-5-8-27-32(23)17-22(29-24)18(13-25)14-26-9-12-30-10-6-21(33)7-11-30/h5,8,13-17,20-21,25-26,33H,3-4,6-7,9-12H2,1-2H3/b18-14+,25-13?. The molecular formula is C24H34N8O. The van der Waals surface area contributed by atoms with Crippen LogP contribution >= 0.6 is 0 Å². The van der Waals surface area contributed by atoms with Gasteiger partial charge in [-0.25, -0.2) is 9.50 Å². The Kier molecular flexibility index (Phi) is 7.51. The van der Waals surface area contributed by atoms with Gasteiger partial charge in [0.25, 0.3) is 0 Å². The van der Waals surface area contributed by atoms with Gasteiger partial charge in [-0.3, -0.25) is 4.68 Å². The van der Waals surface area contributed by atoms with E-state index in [1.165, 1.54) is 6.21 Å². The summed E-state index contributed by atoms with van der Waals surface area (Å²) >= 11 is 0. The van der Waals surface area contributed by atoms with Crippen molar-refractivity contribution in [3.05, 3.63) is 42.7 Å². The second-order valence-electron chi connectivity index (χ2n) is 8.59. The van der Waals surface area contributed by atoms with Gasteiger partial charge in [-0.1, -0.05) is 13.8 Å². The predicted octanol–water partition coefficient (Wildman–Crippen LogP) is 2.99. The largest absolute Gasteiger partial charge is 0.393 e. The topological polar surface area (TPSA) is 107 Å². The highest BCUT2D eigenvalue weighted by Crippen LogP contribution is 2.26. The third-order valence-corrected chi connectivity index (χ3v) is 6.42. The van der Waals surface area contributed by atoms with Crippen LogP contribution in [0.1, 0.15) is 51.3 Å². The number of nitrogens with one attached hydrogen (secondary N) is 2. The van der Waals surface area contributed by atoms with Crippen LogP contribution in [-0.2, 0) is 0 Å². The Hall–Kier alpha value is -3.04. The highest BCUT2D eigenvalue weighted by atomic mass is 16.3. The quantitative estimate of drug-likeness (QED) is 0.324. The van der Waals surface area contributed by atoms with Crippen molar-refractivity contribution in [1.29, 1.82) is 5.41 Å². The van der Waals surface area contributed by atoms with Gasteiger partial charge in [-0.2, -0.15) is 10.2 Å². The first-order chi connectivity index (χ1) is 16.1. The molecule has 1 aliphatic rings. The molecule has 0 saturated carbocycles. The molecule has 3 aromatic heterocycles. The average molecular weight is 451 g/mol. The average Bonchev–Trinajstić information content (AvgIpc) is 3.51. The zero-order valence-corrected chi connectivity index (χ0v) is 19.5. The molecular weight excluding hydrogens is 416 g/mol. The number of aromatic nitrogens is 5. The van der Waals surface area contributed by atoms with Crippen LogP contribution in [0.15, 0.2) is 37.1 Å². The van der Waals surface area contributed by atoms with E-state index < -0.39 is 0 Å². The van der Waals surface area contributed by atoms with E-state index in [0.717, 1.165) is 68.6 Å². The van der Waals surface area contributed by atoms with Crippen LogP contribution in [0.4, 0.5) is 0 Å². The normalized spacial score (nSPS) is 16.1. The molecule has 176 valence electrons. The Morgan fingerprint density at radius 3 is 2.76 bits per heavy atom. The van der Waals surface area contributed by atoms with Crippen LogP contribution in [0.3, 0.4) is 0 Å². The number of aliphatic hydroxyl groups excluding tert-OH is 1. The van der Waals surface area contributed by atoms with Gasteiger partial charge in [0, 0.05) is 55.9 Å². The fourth-order valence-corrected chi connectivity index (χ4v) is 4.34. The lowest BCUT2D eigenvalue weighted by atomic mass is 10.1. The summed E-state index contributed by atoms with van der Waals surface area (Å²) in [7, 11) is 0. The molecule has 0 aliphatic carbocycles. The van der Waals surface area contributed by atoms with E-state index in [1.54, 1.807) is 6.20 Å². The second kappa shape index (κ2) is 10.7. The van der Waals surface area contributed by atoms with E-state index >= 15 is 0 Å². The number of hydrogen-bond acceptors (Lipinski definition) is 7. The lowest BCUT2D eigenvalue weighted by molar-refractivity contribution is 0.0834. The lowest BCUT2D eigenvalue weighted by Crippen LogP contribution is -2.39. The van der Waals surface area contributed by atoms with E-state index in [4.69, 9.17) is 10.4 Å². The molecule has 0 bridgehead atoms. The molecule has 3 N–H and O–H groups in total. The predicted molar refractivity (Wildman–Crippen MR) is 130 cm³/mol. The summed E-state index contributed by atoms with van der Waals surface area (Å²) in [6.07, 6.45) is 14.3. The molecule has 33 heavy (non-hydrogen) atoms. The fraction of sp³-hybridized carbons (Fsp3) is 0.500. The smallest absolute Gasteiger partial charge is 0.0999 e. The Bertz CT molecular complexity index is 1090. The second-order valence-corrected chi connectivity index (χ2v) is 8.59. The van der Waals surface area contributed by atoms with Crippen LogP contribution in [0.2, 0.25) is 0 Å².